The summed E-state index contributed by atoms with van der Waals surface area (Å²) in [5.41, 5.74) is -0.448. The number of hydrogen-bond acceptors (Lipinski definition) is 6. The van der Waals surface area contributed by atoms with Crippen LogP contribution in [-0.2, 0) is 15.3 Å². The highest BCUT2D eigenvalue weighted by molar-refractivity contribution is 5.89. The Morgan fingerprint density at radius 3 is 1.90 bits per heavy atom. The van der Waals surface area contributed by atoms with Gasteiger partial charge in [0.25, 0.3) is 0 Å². The molecule has 6 nitrogen and oxygen atoms in total. The molecule has 1 N–H and O–H groups in total. The smallest absolute Gasteiger partial charge is 0.244 e. The Hall–Kier alpha value is -3.66. The lowest BCUT2D eigenvalue weighted by Gasteiger charge is -2.48. The van der Waals surface area contributed by atoms with Gasteiger partial charge in [0, 0.05) is 5.56 Å². The summed E-state index contributed by atoms with van der Waals surface area (Å²) in [6.07, 6.45) is -1.08. The van der Waals surface area contributed by atoms with Crippen LogP contribution in [0.1, 0.15) is 35.3 Å². The SMILES string of the molecule is Cc1ccc(C2OC3(c4ccc(C)cc4)OC(=N)C(C#N)(C3C)C2(C#N)C#N)cc1. The van der Waals surface area contributed by atoms with E-state index in [1.54, 1.807) is 19.1 Å². The third kappa shape index (κ3) is 2.16. The van der Waals surface area contributed by atoms with Crippen LogP contribution in [0.3, 0.4) is 0 Å². The molecule has 2 bridgehead atoms. The molecule has 2 saturated heterocycles. The highest BCUT2D eigenvalue weighted by Crippen LogP contribution is 2.68. The minimum absolute atomic E-state index is 0.407. The van der Waals surface area contributed by atoms with Crippen LogP contribution < -0.4 is 0 Å². The predicted octanol–water partition coefficient (Wildman–Crippen LogP) is 4.41. The van der Waals surface area contributed by atoms with E-state index in [-0.39, 0.29) is 0 Å². The summed E-state index contributed by atoms with van der Waals surface area (Å²) in [6.45, 7) is 5.59. The van der Waals surface area contributed by atoms with Crippen molar-refractivity contribution in [2.45, 2.75) is 32.7 Å². The number of rotatable bonds is 2. The van der Waals surface area contributed by atoms with Gasteiger partial charge in [0.1, 0.15) is 6.10 Å². The van der Waals surface area contributed by atoms with Crippen LogP contribution >= 0.6 is 0 Å². The molecule has 0 radical (unpaired) electrons. The van der Waals surface area contributed by atoms with E-state index in [1.807, 2.05) is 50.2 Å². The monoisotopic (exact) mass is 396 g/mol. The molecule has 2 aliphatic rings. The van der Waals surface area contributed by atoms with Gasteiger partial charge in [-0.15, -0.1) is 0 Å². The molecular weight excluding hydrogens is 376 g/mol. The second-order valence-electron chi connectivity index (χ2n) is 8.05. The van der Waals surface area contributed by atoms with Gasteiger partial charge in [-0.25, -0.2) is 0 Å². The molecule has 4 atom stereocenters. The Bertz CT molecular complexity index is 1140. The third-order valence-electron chi connectivity index (χ3n) is 6.50. The standard InChI is InChI=1S/C24H20N4O2/c1-15-4-8-18(9-5-15)20-22(12-25,13-26)23(14-27)17(3)24(29-20,30-21(23)28)19-10-6-16(2)7-11-19/h4-11,17,20,28H,1-3H3. The molecule has 2 aromatic rings. The van der Waals surface area contributed by atoms with Gasteiger partial charge in [-0.05, 0) is 19.4 Å². The van der Waals surface area contributed by atoms with Crippen LogP contribution in [0.5, 0.6) is 0 Å². The maximum Gasteiger partial charge on any atom is 0.244 e. The molecule has 0 amide bonds. The van der Waals surface area contributed by atoms with Crippen molar-refractivity contribution >= 4 is 5.90 Å². The van der Waals surface area contributed by atoms with E-state index < -0.39 is 34.5 Å². The van der Waals surface area contributed by atoms with Crippen LogP contribution in [0.25, 0.3) is 0 Å². The fraction of sp³-hybridized carbons (Fsp3) is 0.333. The van der Waals surface area contributed by atoms with Crippen molar-refractivity contribution in [2.75, 3.05) is 0 Å². The fourth-order valence-electron chi connectivity index (χ4n) is 4.70. The second-order valence-corrected chi connectivity index (χ2v) is 8.05. The van der Waals surface area contributed by atoms with E-state index in [1.165, 1.54) is 0 Å². The summed E-state index contributed by atoms with van der Waals surface area (Å²) in [6, 6.07) is 21.0. The molecule has 2 fully saturated rings. The maximum absolute atomic E-state index is 10.3. The van der Waals surface area contributed by atoms with E-state index in [0.717, 1.165) is 11.1 Å². The van der Waals surface area contributed by atoms with Crippen molar-refractivity contribution in [3.05, 3.63) is 70.8 Å². The zero-order chi connectivity index (χ0) is 21.7. The summed E-state index contributed by atoms with van der Waals surface area (Å²) in [5, 5.41) is 39.3. The largest absolute Gasteiger partial charge is 0.443 e. The Kier molecular flexibility index (Phi) is 4.21. The molecule has 4 rings (SSSR count). The highest BCUT2D eigenvalue weighted by Gasteiger charge is 2.79. The zero-order valence-electron chi connectivity index (χ0n) is 16.9. The topological polar surface area (TPSA) is 114 Å². The first-order valence-corrected chi connectivity index (χ1v) is 9.64. The summed E-state index contributed by atoms with van der Waals surface area (Å²) >= 11 is 0. The lowest BCUT2D eigenvalue weighted by Crippen LogP contribution is -2.57. The van der Waals surface area contributed by atoms with Crippen LogP contribution in [0.4, 0.5) is 0 Å². The lowest BCUT2D eigenvalue weighted by molar-refractivity contribution is -0.288. The molecular formula is C24H20N4O2. The molecule has 4 unspecified atom stereocenters. The number of aryl methyl sites for hydroxylation is 2. The molecule has 0 aromatic heterocycles. The molecule has 2 heterocycles. The summed E-state index contributed by atoms with van der Waals surface area (Å²) in [4.78, 5) is 0. The minimum atomic E-state index is -1.95. The van der Waals surface area contributed by atoms with Gasteiger partial charge in [0.2, 0.25) is 17.1 Å². The average Bonchev–Trinajstić information content (AvgIpc) is 2.91. The fourth-order valence-corrected chi connectivity index (χ4v) is 4.70. The van der Waals surface area contributed by atoms with E-state index in [9.17, 15) is 15.8 Å². The molecule has 2 aliphatic heterocycles. The first-order chi connectivity index (χ1) is 14.3. The van der Waals surface area contributed by atoms with Gasteiger partial charge in [-0.2, -0.15) is 15.8 Å². The highest BCUT2D eigenvalue weighted by atomic mass is 16.7. The average molecular weight is 396 g/mol. The Morgan fingerprint density at radius 2 is 1.40 bits per heavy atom. The van der Waals surface area contributed by atoms with Crippen LogP contribution in [0, 0.1) is 70.0 Å². The molecule has 6 heteroatoms. The molecule has 2 aromatic carbocycles. The molecule has 0 spiro atoms. The van der Waals surface area contributed by atoms with Gasteiger partial charge in [0.05, 0.1) is 24.1 Å². The van der Waals surface area contributed by atoms with E-state index >= 15 is 0 Å². The number of fused-ring (bicyclic) bond motifs is 2. The number of ether oxygens (including phenoxy) is 2. The van der Waals surface area contributed by atoms with Crippen molar-refractivity contribution in [2.24, 2.45) is 16.7 Å². The number of benzene rings is 2. The second kappa shape index (κ2) is 6.42. The van der Waals surface area contributed by atoms with Crippen LogP contribution in [0.15, 0.2) is 48.5 Å². The minimum Gasteiger partial charge on any atom is -0.443 e. The maximum atomic E-state index is 10.3. The number of nitrogens with one attached hydrogen (secondary N) is 1. The van der Waals surface area contributed by atoms with Crippen molar-refractivity contribution in [1.82, 2.24) is 0 Å². The normalized spacial score (nSPS) is 31.1. The number of nitrogens with zero attached hydrogens (tertiary/aromatic N) is 3. The Balaban J connectivity index is 2.03. The first-order valence-electron chi connectivity index (χ1n) is 9.64. The van der Waals surface area contributed by atoms with E-state index in [4.69, 9.17) is 14.9 Å². The first kappa shape index (κ1) is 19.6. The predicted molar refractivity (Wildman–Crippen MR) is 108 cm³/mol. The Morgan fingerprint density at radius 1 is 0.867 bits per heavy atom. The van der Waals surface area contributed by atoms with Gasteiger partial charge < -0.3 is 9.47 Å². The van der Waals surface area contributed by atoms with Gasteiger partial charge in [0.15, 0.2) is 5.41 Å². The molecule has 0 saturated carbocycles. The van der Waals surface area contributed by atoms with Gasteiger partial charge >= 0.3 is 0 Å². The third-order valence-corrected chi connectivity index (χ3v) is 6.50. The number of hydrogen-bond donors (Lipinski definition) is 1. The quantitative estimate of drug-likeness (QED) is 0.807. The summed E-state index contributed by atoms with van der Waals surface area (Å²) in [7, 11) is 0. The summed E-state index contributed by atoms with van der Waals surface area (Å²) in [5.74, 6) is -2.62. The summed E-state index contributed by atoms with van der Waals surface area (Å²) < 4.78 is 12.4. The van der Waals surface area contributed by atoms with E-state index in [0.29, 0.717) is 11.1 Å². The van der Waals surface area contributed by atoms with Crippen molar-refractivity contribution in [3.8, 4) is 18.2 Å². The lowest BCUT2D eigenvalue weighted by atomic mass is 9.53. The molecule has 30 heavy (non-hydrogen) atoms. The van der Waals surface area contributed by atoms with Crippen LogP contribution in [-0.4, -0.2) is 5.90 Å². The van der Waals surface area contributed by atoms with Crippen molar-refractivity contribution < 1.29 is 9.47 Å². The molecule has 0 aliphatic carbocycles. The van der Waals surface area contributed by atoms with Crippen molar-refractivity contribution in [3.63, 3.8) is 0 Å². The molecule has 148 valence electrons. The number of nitriles is 3. The van der Waals surface area contributed by atoms with Crippen molar-refractivity contribution in [1.29, 1.82) is 21.2 Å². The zero-order valence-corrected chi connectivity index (χ0v) is 16.9. The van der Waals surface area contributed by atoms with Gasteiger partial charge in [-0.3, -0.25) is 5.41 Å². The van der Waals surface area contributed by atoms with E-state index in [2.05, 4.69) is 18.2 Å². The van der Waals surface area contributed by atoms with Gasteiger partial charge in [-0.1, -0.05) is 66.6 Å². The van der Waals surface area contributed by atoms with Crippen LogP contribution in [0.2, 0.25) is 0 Å². The Labute approximate surface area is 175 Å².